The van der Waals surface area contributed by atoms with Crippen LogP contribution in [0.1, 0.15) is 6.92 Å². The van der Waals surface area contributed by atoms with Gasteiger partial charge in [-0.2, -0.15) is 8.78 Å². The molecule has 30 heavy (non-hydrogen) atoms. The summed E-state index contributed by atoms with van der Waals surface area (Å²) in [5, 5.41) is 1.15. The number of hydrogen-bond acceptors (Lipinski definition) is 6. The van der Waals surface area contributed by atoms with Gasteiger partial charge in [-0.3, -0.25) is 4.98 Å². The van der Waals surface area contributed by atoms with Gasteiger partial charge in [-0.1, -0.05) is 29.3 Å². The van der Waals surface area contributed by atoms with Crippen LogP contribution in [-0.4, -0.2) is 39.8 Å². The first-order chi connectivity index (χ1) is 14.3. The molecular formula is C18H15Cl2F2N7O. The van der Waals surface area contributed by atoms with Crippen molar-refractivity contribution < 1.29 is 13.5 Å². The zero-order valence-corrected chi connectivity index (χ0v) is 16.9. The zero-order chi connectivity index (χ0) is 21.8. The number of nitrogens with zero attached hydrogens (tertiary/aromatic N) is 5. The number of aromatic nitrogens is 3. The third kappa shape index (κ3) is 4.71. The third-order valence-electron chi connectivity index (χ3n) is 3.96. The van der Waals surface area contributed by atoms with Gasteiger partial charge in [0.25, 0.3) is 0 Å². The van der Waals surface area contributed by atoms with Crippen molar-refractivity contribution >= 4 is 52.1 Å². The number of aliphatic imine (C=N–C) groups is 2. The largest absolute Gasteiger partial charge is 0.480 e. The van der Waals surface area contributed by atoms with Crippen LogP contribution in [0.5, 0.6) is 5.75 Å². The predicted molar refractivity (Wildman–Crippen MR) is 113 cm³/mol. The maximum absolute atomic E-state index is 12.1. The van der Waals surface area contributed by atoms with Gasteiger partial charge in [-0.25, -0.2) is 20.0 Å². The van der Waals surface area contributed by atoms with E-state index in [-0.39, 0.29) is 17.4 Å². The standard InChI is InChI=1S/C18H15Cl2F2N7O/c1-8(16(23)27-7-29-18(21)22)30-12-5-25-14(9-2-3-10(19)11(20)4-9)15-13(12)17(24)28-6-26-15/h2-8,18H,1H3,(H2,23,27,29)(H2,24,26,28)/t8-/m0/s1. The highest BCUT2D eigenvalue weighted by atomic mass is 35.5. The number of benzene rings is 1. The summed E-state index contributed by atoms with van der Waals surface area (Å²) in [7, 11) is 0. The lowest BCUT2D eigenvalue weighted by Crippen LogP contribution is -2.31. The van der Waals surface area contributed by atoms with Crippen molar-refractivity contribution in [2.75, 3.05) is 5.73 Å². The van der Waals surface area contributed by atoms with E-state index in [4.69, 9.17) is 39.4 Å². The van der Waals surface area contributed by atoms with Crippen LogP contribution >= 0.6 is 23.2 Å². The van der Waals surface area contributed by atoms with Crippen LogP contribution < -0.4 is 16.2 Å². The number of hydrogen-bond donors (Lipinski definition) is 2. The molecule has 2 heterocycles. The highest BCUT2D eigenvalue weighted by Gasteiger charge is 2.18. The number of alkyl halides is 2. The summed E-state index contributed by atoms with van der Waals surface area (Å²) in [5.41, 5.74) is 13.4. The summed E-state index contributed by atoms with van der Waals surface area (Å²) in [4.78, 5) is 19.1. The van der Waals surface area contributed by atoms with Gasteiger partial charge in [0.05, 0.1) is 27.3 Å². The average Bonchev–Trinajstić information content (AvgIpc) is 2.70. The highest BCUT2D eigenvalue weighted by Crippen LogP contribution is 2.36. The molecule has 12 heteroatoms. The van der Waals surface area contributed by atoms with E-state index in [9.17, 15) is 8.78 Å². The topological polar surface area (TPSA) is 125 Å². The first-order valence-corrected chi connectivity index (χ1v) is 9.17. The number of anilines is 1. The molecule has 1 atom stereocenters. The fourth-order valence-corrected chi connectivity index (χ4v) is 2.82. The van der Waals surface area contributed by atoms with E-state index in [1.807, 2.05) is 0 Å². The Morgan fingerprint density at radius 1 is 1.20 bits per heavy atom. The van der Waals surface area contributed by atoms with Gasteiger partial charge in [0.2, 0.25) is 0 Å². The lowest BCUT2D eigenvalue weighted by molar-refractivity contribution is 0.160. The minimum atomic E-state index is -2.88. The average molecular weight is 454 g/mol. The monoisotopic (exact) mass is 453 g/mol. The molecule has 0 saturated heterocycles. The first kappa shape index (κ1) is 21.6. The van der Waals surface area contributed by atoms with Crippen LogP contribution in [-0.2, 0) is 0 Å². The van der Waals surface area contributed by atoms with Gasteiger partial charge in [0, 0.05) is 5.56 Å². The Balaban J connectivity index is 2.02. The maximum atomic E-state index is 12.1. The van der Waals surface area contributed by atoms with Crippen molar-refractivity contribution in [1.82, 2.24) is 15.0 Å². The lowest BCUT2D eigenvalue weighted by atomic mass is 10.1. The molecule has 0 aliphatic carbocycles. The summed E-state index contributed by atoms with van der Waals surface area (Å²) < 4.78 is 30.0. The Morgan fingerprint density at radius 2 is 1.97 bits per heavy atom. The van der Waals surface area contributed by atoms with E-state index in [0.29, 0.717) is 38.5 Å². The Labute approximate surface area is 179 Å². The molecule has 0 aliphatic heterocycles. The number of amidine groups is 1. The molecule has 1 aromatic carbocycles. The highest BCUT2D eigenvalue weighted by molar-refractivity contribution is 6.42. The molecule has 4 N–H and O–H groups in total. The lowest BCUT2D eigenvalue weighted by Gasteiger charge is -2.17. The molecule has 0 bridgehead atoms. The zero-order valence-electron chi connectivity index (χ0n) is 15.4. The van der Waals surface area contributed by atoms with Gasteiger partial charge in [0.15, 0.2) is 11.9 Å². The Bertz CT molecular complexity index is 1140. The molecule has 8 nitrogen and oxygen atoms in total. The third-order valence-corrected chi connectivity index (χ3v) is 4.70. The molecule has 2 aromatic heterocycles. The number of ether oxygens (including phenoxy) is 1. The van der Waals surface area contributed by atoms with E-state index < -0.39 is 12.7 Å². The van der Waals surface area contributed by atoms with Crippen molar-refractivity contribution in [1.29, 1.82) is 0 Å². The normalized spacial score (nSPS) is 13.3. The molecule has 0 amide bonds. The van der Waals surface area contributed by atoms with E-state index in [0.717, 1.165) is 0 Å². The van der Waals surface area contributed by atoms with E-state index in [2.05, 4.69) is 24.9 Å². The molecule has 0 spiro atoms. The van der Waals surface area contributed by atoms with Gasteiger partial charge < -0.3 is 16.2 Å². The smallest absolute Gasteiger partial charge is 0.333 e. The fourth-order valence-electron chi connectivity index (χ4n) is 2.52. The number of nitrogens with two attached hydrogens (primary N) is 2. The van der Waals surface area contributed by atoms with Crippen molar-refractivity contribution in [2.24, 2.45) is 15.7 Å². The quantitative estimate of drug-likeness (QED) is 0.330. The molecule has 3 rings (SSSR count). The van der Waals surface area contributed by atoms with Gasteiger partial charge >= 0.3 is 6.55 Å². The van der Waals surface area contributed by atoms with Crippen LogP contribution in [0.15, 0.2) is 40.7 Å². The van der Waals surface area contributed by atoms with Gasteiger partial charge in [-0.05, 0) is 19.1 Å². The van der Waals surface area contributed by atoms with Gasteiger partial charge in [-0.15, -0.1) is 0 Å². The van der Waals surface area contributed by atoms with Gasteiger partial charge in [0.1, 0.15) is 29.8 Å². The second-order valence-corrected chi connectivity index (χ2v) is 6.75. The maximum Gasteiger partial charge on any atom is 0.333 e. The second-order valence-electron chi connectivity index (χ2n) is 5.94. The number of rotatable bonds is 6. The summed E-state index contributed by atoms with van der Waals surface area (Å²) in [6.07, 6.45) is 2.59. The Hall–Kier alpha value is -3.11. The Kier molecular flexibility index (Phi) is 6.58. The van der Waals surface area contributed by atoms with E-state index >= 15 is 0 Å². The number of halogens is 4. The van der Waals surface area contributed by atoms with Crippen LogP contribution in [0, 0.1) is 0 Å². The van der Waals surface area contributed by atoms with Crippen molar-refractivity contribution in [3.05, 3.63) is 40.8 Å². The summed E-state index contributed by atoms with van der Waals surface area (Å²) in [6, 6.07) is 5.03. The number of nitrogen functional groups attached to an aromatic ring is 1. The first-order valence-electron chi connectivity index (χ1n) is 8.42. The Morgan fingerprint density at radius 3 is 2.67 bits per heavy atom. The minimum Gasteiger partial charge on any atom is -0.480 e. The molecule has 0 unspecified atom stereocenters. The summed E-state index contributed by atoms with van der Waals surface area (Å²) in [5.74, 6) is 0.320. The second kappa shape index (κ2) is 9.14. The molecule has 0 saturated carbocycles. The van der Waals surface area contributed by atoms with Crippen molar-refractivity contribution in [3.8, 4) is 17.0 Å². The van der Waals surface area contributed by atoms with Crippen LogP contribution in [0.3, 0.4) is 0 Å². The van der Waals surface area contributed by atoms with Crippen LogP contribution in [0.2, 0.25) is 10.0 Å². The summed E-state index contributed by atoms with van der Waals surface area (Å²) in [6.45, 7) is -1.30. The predicted octanol–water partition coefficient (Wildman–Crippen LogP) is 3.96. The fraction of sp³-hybridized carbons (Fsp3) is 0.167. The number of pyridine rings is 1. The minimum absolute atomic E-state index is 0.0727. The number of fused-ring (bicyclic) bond motifs is 1. The van der Waals surface area contributed by atoms with Crippen molar-refractivity contribution in [3.63, 3.8) is 0 Å². The SMILES string of the molecule is C[C@H](Oc1cnc(-c2ccc(Cl)c(Cl)c2)c2ncnc(N)c12)C(N)=N/C=N/C(F)F. The molecule has 156 valence electrons. The molecule has 0 radical (unpaired) electrons. The molecule has 3 aromatic rings. The summed E-state index contributed by atoms with van der Waals surface area (Å²) >= 11 is 12.1. The van der Waals surface area contributed by atoms with Crippen molar-refractivity contribution in [2.45, 2.75) is 19.6 Å². The molecule has 0 fully saturated rings. The molecular weight excluding hydrogens is 439 g/mol. The van der Waals surface area contributed by atoms with E-state index in [1.54, 1.807) is 25.1 Å². The molecule has 0 aliphatic rings. The van der Waals surface area contributed by atoms with E-state index in [1.165, 1.54) is 12.5 Å². The van der Waals surface area contributed by atoms with Crippen LogP contribution in [0.4, 0.5) is 14.6 Å². The van der Waals surface area contributed by atoms with Crippen LogP contribution in [0.25, 0.3) is 22.2 Å².